The van der Waals surface area contributed by atoms with Crippen molar-refractivity contribution < 1.29 is 9.90 Å². The van der Waals surface area contributed by atoms with Gasteiger partial charge in [-0.05, 0) is 6.08 Å². The highest BCUT2D eigenvalue weighted by molar-refractivity contribution is 7.13. The van der Waals surface area contributed by atoms with Gasteiger partial charge in [-0.25, -0.2) is 9.78 Å². The Balaban J connectivity index is 2.23. The Morgan fingerprint density at radius 2 is 2.44 bits per heavy atom. The van der Waals surface area contributed by atoms with E-state index in [1.807, 2.05) is 18.6 Å². The fourth-order valence-corrected chi connectivity index (χ4v) is 1.95. The summed E-state index contributed by atoms with van der Waals surface area (Å²) in [7, 11) is 1.84. The number of thiazole rings is 1. The molecule has 5 nitrogen and oxygen atoms in total. The van der Waals surface area contributed by atoms with Gasteiger partial charge in [0.05, 0.1) is 11.9 Å². The first-order chi connectivity index (χ1) is 7.65. The van der Waals surface area contributed by atoms with Gasteiger partial charge in [0.25, 0.3) is 0 Å². The smallest absolute Gasteiger partial charge is 0.328 e. The van der Waals surface area contributed by atoms with Crippen molar-refractivity contribution in [3.05, 3.63) is 29.5 Å². The fourth-order valence-electron chi connectivity index (χ4n) is 1.18. The van der Waals surface area contributed by atoms with Gasteiger partial charge < -0.3 is 5.11 Å². The predicted octanol–water partition coefficient (Wildman–Crippen LogP) is 1.64. The van der Waals surface area contributed by atoms with Crippen molar-refractivity contribution in [1.82, 2.24) is 14.8 Å². The zero-order chi connectivity index (χ0) is 11.5. The van der Waals surface area contributed by atoms with Crippen molar-refractivity contribution in [2.24, 2.45) is 7.05 Å². The van der Waals surface area contributed by atoms with E-state index >= 15 is 0 Å². The Bertz CT molecular complexity index is 542. The molecule has 0 atom stereocenters. The number of aryl methyl sites for hydroxylation is 1. The van der Waals surface area contributed by atoms with E-state index in [1.54, 1.807) is 10.9 Å². The minimum atomic E-state index is -0.976. The number of rotatable bonds is 3. The highest BCUT2D eigenvalue weighted by Gasteiger charge is 2.04. The lowest BCUT2D eigenvalue weighted by molar-refractivity contribution is -0.131. The Kier molecular flexibility index (Phi) is 2.82. The molecule has 82 valence electrons. The van der Waals surface area contributed by atoms with E-state index in [-0.39, 0.29) is 0 Å². The van der Waals surface area contributed by atoms with Crippen LogP contribution in [-0.2, 0) is 11.8 Å². The van der Waals surface area contributed by atoms with Crippen molar-refractivity contribution in [1.29, 1.82) is 0 Å². The largest absolute Gasteiger partial charge is 0.478 e. The fraction of sp³-hybridized carbons (Fsp3) is 0.100. The summed E-state index contributed by atoms with van der Waals surface area (Å²) in [5.41, 5.74) is 1.58. The highest BCUT2D eigenvalue weighted by Crippen LogP contribution is 2.23. The van der Waals surface area contributed by atoms with Crippen LogP contribution in [-0.4, -0.2) is 25.8 Å². The molecule has 2 rings (SSSR count). The average Bonchev–Trinajstić information content (AvgIpc) is 2.83. The van der Waals surface area contributed by atoms with Crippen LogP contribution < -0.4 is 0 Å². The SMILES string of the molecule is Cn1cc(-c2nc(/C=C/C(=O)O)cs2)cn1. The second-order valence-electron chi connectivity index (χ2n) is 3.15. The monoisotopic (exact) mass is 235 g/mol. The van der Waals surface area contributed by atoms with E-state index in [2.05, 4.69) is 10.1 Å². The molecule has 0 spiro atoms. The Labute approximate surface area is 95.7 Å². The van der Waals surface area contributed by atoms with Gasteiger partial charge in [-0.2, -0.15) is 5.10 Å². The predicted molar refractivity (Wildman–Crippen MR) is 61.0 cm³/mol. The topological polar surface area (TPSA) is 68.0 Å². The molecular formula is C10H9N3O2S. The number of carbonyl (C=O) groups is 1. The van der Waals surface area contributed by atoms with Crippen molar-refractivity contribution in [2.75, 3.05) is 0 Å². The maximum Gasteiger partial charge on any atom is 0.328 e. The molecule has 0 aliphatic rings. The molecule has 1 N–H and O–H groups in total. The molecule has 0 fully saturated rings. The van der Waals surface area contributed by atoms with E-state index in [9.17, 15) is 4.79 Å². The molecule has 2 aromatic rings. The standard InChI is InChI=1S/C10H9N3O2S/c1-13-5-7(4-11-13)10-12-8(6-16-10)2-3-9(14)15/h2-6H,1H3,(H,14,15)/b3-2+. The van der Waals surface area contributed by atoms with Gasteiger partial charge in [-0.1, -0.05) is 0 Å². The van der Waals surface area contributed by atoms with E-state index in [4.69, 9.17) is 5.11 Å². The van der Waals surface area contributed by atoms with Crippen molar-refractivity contribution >= 4 is 23.4 Å². The lowest BCUT2D eigenvalue weighted by Gasteiger charge is -1.86. The minimum Gasteiger partial charge on any atom is -0.478 e. The second kappa shape index (κ2) is 4.28. The first-order valence-corrected chi connectivity index (χ1v) is 5.38. The molecule has 16 heavy (non-hydrogen) atoms. The maximum atomic E-state index is 10.3. The molecule has 0 aliphatic carbocycles. The van der Waals surface area contributed by atoms with E-state index in [0.29, 0.717) is 5.69 Å². The van der Waals surface area contributed by atoms with Gasteiger partial charge in [-0.3, -0.25) is 4.68 Å². The summed E-state index contributed by atoms with van der Waals surface area (Å²) in [5, 5.41) is 15.2. The van der Waals surface area contributed by atoms with Crippen LogP contribution in [0.25, 0.3) is 16.6 Å². The molecule has 2 aromatic heterocycles. The summed E-state index contributed by atoms with van der Waals surface area (Å²) in [5.74, 6) is -0.976. The van der Waals surface area contributed by atoms with E-state index in [0.717, 1.165) is 16.6 Å². The lowest BCUT2D eigenvalue weighted by Crippen LogP contribution is -1.85. The van der Waals surface area contributed by atoms with Crippen LogP contribution in [0.1, 0.15) is 5.69 Å². The van der Waals surface area contributed by atoms with Crippen molar-refractivity contribution in [3.63, 3.8) is 0 Å². The molecule has 0 aliphatic heterocycles. The quantitative estimate of drug-likeness (QED) is 0.821. The number of carboxylic acids is 1. The Morgan fingerprint density at radius 1 is 1.62 bits per heavy atom. The third-order valence-electron chi connectivity index (χ3n) is 1.87. The van der Waals surface area contributed by atoms with Crippen LogP contribution in [0.5, 0.6) is 0 Å². The van der Waals surface area contributed by atoms with Crippen molar-refractivity contribution in [2.45, 2.75) is 0 Å². The van der Waals surface area contributed by atoms with Crippen LogP contribution in [0.15, 0.2) is 23.8 Å². The maximum absolute atomic E-state index is 10.3. The molecule has 0 saturated carbocycles. The molecule has 0 saturated heterocycles. The van der Waals surface area contributed by atoms with Gasteiger partial charge in [-0.15, -0.1) is 11.3 Å². The number of hydrogen-bond donors (Lipinski definition) is 1. The van der Waals surface area contributed by atoms with Gasteiger partial charge in [0.15, 0.2) is 0 Å². The number of nitrogens with zero attached hydrogens (tertiary/aromatic N) is 3. The molecule has 0 amide bonds. The molecule has 0 radical (unpaired) electrons. The van der Waals surface area contributed by atoms with Gasteiger partial charge in [0, 0.05) is 30.3 Å². The van der Waals surface area contributed by atoms with Crippen LogP contribution >= 0.6 is 11.3 Å². The summed E-state index contributed by atoms with van der Waals surface area (Å²) in [6.45, 7) is 0. The Hall–Kier alpha value is -1.95. The summed E-state index contributed by atoms with van der Waals surface area (Å²) in [4.78, 5) is 14.6. The number of aliphatic carboxylic acids is 1. The first-order valence-electron chi connectivity index (χ1n) is 4.51. The molecule has 0 unspecified atom stereocenters. The number of hydrogen-bond acceptors (Lipinski definition) is 4. The second-order valence-corrected chi connectivity index (χ2v) is 4.01. The summed E-state index contributed by atoms with van der Waals surface area (Å²) in [6.07, 6.45) is 6.13. The van der Waals surface area contributed by atoms with Crippen molar-refractivity contribution in [3.8, 4) is 10.6 Å². The lowest BCUT2D eigenvalue weighted by atomic mass is 10.4. The normalized spacial score (nSPS) is 11.1. The van der Waals surface area contributed by atoms with Gasteiger partial charge in [0.2, 0.25) is 0 Å². The number of aromatic nitrogens is 3. The third-order valence-corrected chi connectivity index (χ3v) is 2.78. The summed E-state index contributed by atoms with van der Waals surface area (Å²) >= 11 is 1.46. The summed E-state index contributed by atoms with van der Waals surface area (Å²) < 4.78 is 1.70. The highest BCUT2D eigenvalue weighted by atomic mass is 32.1. The average molecular weight is 235 g/mol. The van der Waals surface area contributed by atoms with E-state index in [1.165, 1.54) is 17.4 Å². The van der Waals surface area contributed by atoms with Gasteiger partial charge >= 0.3 is 5.97 Å². The first kappa shape index (κ1) is 10.6. The molecule has 6 heteroatoms. The number of carboxylic acid groups (broad SMARTS) is 1. The van der Waals surface area contributed by atoms with Crippen LogP contribution in [0, 0.1) is 0 Å². The molecular weight excluding hydrogens is 226 g/mol. The van der Waals surface area contributed by atoms with E-state index < -0.39 is 5.97 Å². The summed E-state index contributed by atoms with van der Waals surface area (Å²) in [6, 6.07) is 0. The zero-order valence-electron chi connectivity index (χ0n) is 8.49. The van der Waals surface area contributed by atoms with Crippen LogP contribution in [0.2, 0.25) is 0 Å². The zero-order valence-corrected chi connectivity index (χ0v) is 9.31. The third kappa shape index (κ3) is 2.34. The Morgan fingerprint density at radius 3 is 3.06 bits per heavy atom. The van der Waals surface area contributed by atoms with Crippen LogP contribution in [0.3, 0.4) is 0 Å². The molecule has 0 aromatic carbocycles. The van der Waals surface area contributed by atoms with Crippen LogP contribution in [0.4, 0.5) is 0 Å². The molecule has 2 heterocycles. The molecule has 0 bridgehead atoms. The van der Waals surface area contributed by atoms with Gasteiger partial charge in [0.1, 0.15) is 5.01 Å². The minimum absolute atomic E-state index is 0.645.